The standard InChI is InChI=1S/C17H23N3O/c1-4-20-17(15(21-3)11-19-20)16(18-2)14-10-13(14)12-8-6-5-7-9-12/h5-9,11,13-14,16,18H,4,10H2,1-3H3. The fourth-order valence-electron chi connectivity index (χ4n) is 3.32. The average molecular weight is 285 g/mol. The summed E-state index contributed by atoms with van der Waals surface area (Å²) >= 11 is 0. The Bertz CT molecular complexity index is 572. The molecule has 1 saturated carbocycles. The zero-order valence-corrected chi connectivity index (χ0v) is 12.9. The summed E-state index contributed by atoms with van der Waals surface area (Å²) < 4.78 is 7.55. The number of aromatic nitrogens is 2. The average Bonchev–Trinajstić information content (AvgIpc) is 3.21. The summed E-state index contributed by atoms with van der Waals surface area (Å²) in [5.41, 5.74) is 2.61. The van der Waals surface area contributed by atoms with E-state index < -0.39 is 0 Å². The summed E-state index contributed by atoms with van der Waals surface area (Å²) in [5, 5.41) is 7.91. The lowest BCUT2D eigenvalue weighted by atomic mass is 10.0. The number of hydrogen-bond donors (Lipinski definition) is 1. The maximum Gasteiger partial charge on any atom is 0.161 e. The lowest BCUT2D eigenvalue weighted by Crippen LogP contribution is -2.23. The molecule has 1 aliphatic rings. The molecule has 3 unspecified atom stereocenters. The van der Waals surface area contributed by atoms with Crippen LogP contribution in [-0.2, 0) is 6.54 Å². The van der Waals surface area contributed by atoms with Crippen molar-refractivity contribution in [3.05, 3.63) is 47.8 Å². The van der Waals surface area contributed by atoms with Crippen LogP contribution in [0.3, 0.4) is 0 Å². The number of benzene rings is 1. The molecule has 3 atom stereocenters. The van der Waals surface area contributed by atoms with E-state index in [2.05, 4.69) is 47.7 Å². The normalized spacial score (nSPS) is 22.0. The highest BCUT2D eigenvalue weighted by molar-refractivity contribution is 5.34. The number of methoxy groups -OCH3 is 1. The third kappa shape index (κ3) is 2.56. The van der Waals surface area contributed by atoms with Gasteiger partial charge in [-0.2, -0.15) is 5.10 Å². The van der Waals surface area contributed by atoms with E-state index in [9.17, 15) is 0 Å². The maximum atomic E-state index is 5.51. The first-order chi connectivity index (χ1) is 10.3. The molecule has 1 aromatic heterocycles. The van der Waals surface area contributed by atoms with Gasteiger partial charge in [-0.1, -0.05) is 30.3 Å². The molecule has 0 spiro atoms. The minimum atomic E-state index is 0.285. The minimum Gasteiger partial charge on any atom is -0.493 e. The number of aryl methyl sites for hydroxylation is 1. The van der Waals surface area contributed by atoms with Gasteiger partial charge in [0, 0.05) is 6.54 Å². The van der Waals surface area contributed by atoms with Crippen LogP contribution in [0.1, 0.15) is 36.6 Å². The van der Waals surface area contributed by atoms with Gasteiger partial charge in [0.05, 0.1) is 25.0 Å². The molecule has 0 bridgehead atoms. The van der Waals surface area contributed by atoms with Crippen LogP contribution >= 0.6 is 0 Å². The molecular weight excluding hydrogens is 262 g/mol. The van der Waals surface area contributed by atoms with Gasteiger partial charge >= 0.3 is 0 Å². The number of nitrogens with zero attached hydrogens (tertiary/aromatic N) is 2. The van der Waals surface area contributed by atoms with Gasteiger partial charge in [0.1, 0.15) is 0 Å². The zero-order chi connectivity index (χ0) is 14.8. The second-order valence-electron chi connectivity index (χ2n) is 5.60. The molecule has 112 valence electrons. The SMILES string of the molecule is CCn1ncc(OC)c1C(NC)C1CC1c1ccccc1. The lowest BCUT2D eigenvalue weighted by Gasteiger charge is -2.19. The number of ether oxygens (including phenoxy) is 1. The van der Waals surface area contributed by atoms with E-state index in [0.29, 0.717) is 11.8 Å². The molecule has 1 aliphatic carbocycles. The Labute approximate surface area is 126 Å². The van der Waals surface area contributed by atoms with Crippen LogP contribution in [0.5, 0.6) is 5.75 Å². The quantitative estimate of drug-likeness (QED) is 0.887. The first-order valence-corrected chi connectivity index (χ1v) is 7.62. The fourth-order valence-corrected chi connectivity index (χ4v) is 3.32. The van der Waals surface area contributed by atoms with Crippen LogP contribution in [0.4, 0.5) is 0 Å². The Hall–Kier alpha value is -1.81. The van der Waals surface area contributed by atoms with Crippen molar-refractivity contribution in [2.75, 3.05) is 14.2 Å². The van der Waals surface area contributed by atoms with Gasteiger partial charge in [-0.15, -0.1) is 0 Å². The summed E-state index contributed by atoms with van der Waals surface area (Å²) in [6, 6.07) is 11.1. The number of hydrogen-bond acceptors (Lipinski definition) is 3. The van der Waals surface area contributed by atoms with E-state index in [1.54, 1.807) is 7.11 Å². The van der Waals surface area contributed by atoms with Crippen molar-refractivity contribution in [3.8, 4) is 5.75 Å². The van der Waals surface area contributed by atoms with Crippen molar-refractivity contribution in [3.63, 3.8) is 0 Å². The monoisotopic (exact) mass is 285 g/mol. The van der Waals surface area contributed by atoms with E-state index in [1.165, 1.54) is 17.7 Å². The predicted octanol–water partition coefficient (Wildman–Crippen LogP) is 2.98. The van der Waals surface area contributed by atoms with Crippen molar-refractivity contribution < 1.29 is 4.74 Å². The molecule has 21 heavy (non-hydrogen) atoms. The van der Waals surface area contributed by atoms with Gasteiger partial charge < -0.3 is 10.1 Å². The Kier molecular flexibility index (Phi) is 3.97. The molecular formula is C17H23N3O. The van der Waals surface area contributed by atoms with Crippen molar-refractivity contribution in [1.29, 1.82) is 0 Å². The molecule has 1 heterocycles. The Morgan fingerprint density at radius 3 is 2.76 bits per heavy atom. The van der Waals surface area contributed by atoms with Crippen molar-refractivity contribution in [2.24, 2.45) is 5.92 Å². The maximum absolute atomic E-state index is 5.51. The molecule has 1 aromatic carbocycles. The Morgan fingerprint density at radius 2 is 2.14 bits per heavy atom. The molecule has 3 rings (SSSR count). The van der Waals surface area contributed by atoms with Gasteiger partial charge in [0.15, 0.2) is 5.75 Å². The first kappa shape index (κ1) is 14.1. The van der Waals surface area contributed by atoms with E-state index in [1.807, 2.05) is 17.9 Å². The van der Waals surface area contributed by atoms with Crippen LogP contribution in [0.2, 0.25) is 0 Å². The summed E-state index contributed by atoms with van der Waals surface area (Å²) in [5.74, 6) is 2.12. The molecule has 1 N–H and O–H groups in total. The zero-order valence-electron chi connectivity index (χ0n) is 12.9. The highest BCUT2D eigenvalue weighted by Gasteiger charge is 2.45. The summed E-state index contributed by atoms with van der Waals surface area (Å²) in [7, 11) is 3.74. The highest BCUT2D eigenvalue weighted by Crippen LogP contribution is 2.54. The smallest absolute Gasteiger partial charge is 0.161 e. The van der Waals surface area contributed by atoms with Crippen LogP contribution in [0, 0.1) is 5.92 Å². The first-order valence-electron chi connectivity index (χ1n) is 7.62. The molecule has 0 saturated heterocycles. The van der Waals surface area contributed by atoms with Gasteiger partial charge in [-0.3, -0.25) is 4.68 Å². The molecule has 1 fully saturated rings. The second kappa shape index (κ2) is 5.90. The highest BCUT2D eigenvalue weighted by atomic mass is 16.5. The topological polar surface area (TPSA) is 39.1 Å². The molecule has 0 amide bonds. The van der Waals surface area contributed by atoms with Gasteiger partial charge in [-0.05, 0) is 37.8 Å². The van der Waals surface area contributed by atoms with E-state index in [4.69, 9.17) is 4.74 Å². The van der Waals surface area contributed by atoms with Crippen LogP contribution in [0.25, 0.3) is 0 Å². The third-order valence-electron chi connectivity index (χ3n) is 4.47. The van der Waals surface area contributed by atoms with Crippen molar-refractivity contribution in [2.45, 2.75) is 31.8 Å². The largest absolute Gasteiger partial charge is 0.493 e. The third-order valence-corrected chi connectivity index (χ3v) is 4.47. The minimum absolute atomic E-state index is 0.285. The van der Waals surface area contributed by atoms with Crippen LogP contribution < -0.4 is 10.1 Å². The van der Waals surface area contributed by atoms with Crippen molar-refractivity contribution in [1.82, 2.24) is 15.1 Å². The van der Waals surface area contributed by atoms with E-state index in [-0.39, 0.29) is 6.04 Å². The van der Waals surface area contributed by atoms with E-state index in [0.717, 1.165) is 12.3 Å². The molecule has 2 aromatic rings. The Morgan fingerprint density at radius 1 is 1.38 bits per heavy atom. The lowest BCUT2D eigenvalue weighted by molar-refractivity contribution is 0.385. The fraction of sp³-hybridized carbons (Fsp3) is 0.471. The van der Waals surface area contributed by atoms with Gasteiger partial charge in [0.2, 0.25) is 0 Å². The van der Waals surface area contributed by atoms with Crippen molar-refractivity contribution >= 4 is 0 Å². The van der Waals surface area contributed by atoms with Gasteiger partial charge in [-0.25, -0.2) is 0 Å². The molecule has 4 heteroatoms. The molecule has 4 nitrogen and oxygen atoms in total. The number of rotatable bonds is 6. The van der Waals surface area contributed by atoms with Crippen LogP contribution in [-0.4, -0.2) is 23.9 Å². The van der Waals surface area contributed by atoms with Gasteiger partial charge in [0.25, 0.3) is 0 Å². The van der Waals surface area contributed by atoms with Crippen LogP contribution in [0.15, 0.2) is 36.5 Å². The Balaban J connectivity index is 1.86. The summed E-state index contributed by atoms with van der Waals surface area (Å²) in [6.45, 7) is 2.98. The summed E-state index contributed by atoms with van der Waals surface area (Å²) in [6.07, 6.45) is 3.04. The summed E-state index contributed by atoms with van der Waals surface area (Å²) in [4.78, 5) is 0. The molecule has 0 aliphatic heterocycles. The predicted molar refractivity (Wildman–Crippen MR) is 83.5 cm³/mol. The number of nitrogens with one attached hydrogen (secondary N) is 1. The van der Waals surface area contributed by atoms with E-state index >= 15 is 0 Å². The molecule has 0 radical (unpaired) electrons. The second-order valence-corrected chi connectivity index (χ2v) is 5.60.